The summed E-state index contributed by atoms with van der Waals surface area (Å²) >= 11 is 0. The maximum atomic E-state index is 11.9. The second-order valence-electron chi connectivity index (χ2n) is 3.06. The maximum absolute atomic E-state index is 11.9. The van der Waals surface area contributed by atoms with Crippen molar-refractivity contribution in [3.63, 3.8) is 0 Å². The van der Waals surface area contributed by atoms with Crippen molar-refractivity contribution in [1.82, 2.24) is 0 Å². The van der Waals surface area contributed by atoms with Crippen LogP contribution in [0.25, 0.3) is 0 Å². The Morgan fingerprint density at radius 2 is 1.53 bits per heavy atom. The molecule has 1 N–H and O–H groups in total. The Hall–Kier alpha value is -2.13. The molecule has 0 fully saturated rings. The number of hydrogen-bond acceptors (Lipinski definition) is 3. The van der Waals surface area contributed by atoms with Gasteiger partial charge in [-0.15, -0.1) is 26.3 Å². The summed E-state index contributed by atoms with van der Waals surface area (Å²) in [5, 5.41) is 8.60. The fourth-order valence-corrected chi connectivity index (χ4v) is 1.09. The van der Waals surface area contributed by atoms with Crippen LogP contribution in [-0.2, 0) is 0 Å². The quantitative estimate of drug-likeness (QED) is 0.869. The van der Waals surface area contributed by atoms with Crippen LogP contribution in [-0.4, -0.2) is 23.8 Å². The van der Waals surface area contributed by atoms with Gasteiger partial charge in [0.05, 0.1) is 0 Å². The Morgan fingerprint density at radius 1 is 1.00 bits per heavy atom. The van der Waals surface area contributed by atoms with Crippen LogP contribution in [0, 0.1) is 0 Å². The lowest BCUT2D eigenvalue weighted by Gasteiger charge is -2.13. The lowest BCUT2D eigenvalue weighted by molar-refractivity contribution is -0.277. The van der Waals surface area contributed by atoms with Gasteiger partial charge in [0.2, 0.25) is 0 Å². The first-order chi connectivity index (χ1) is 8.48. The van der Waals surface area contributed by atoms with Gasteiger partial charge in [-0.3, -0.25) is 0 Å². The number of ether oxygens (including phenoxy) is 2. The lowest BCUT2D eigenvalue weighted by Crippen LogP contribution is -2.20. The Bertz CT molecular complexity index is 479. The molecule has 0 atom stereocenters. The highest BCUT2D eigenvalue weighted by Crippen LogP contribution is 2.31. The normalized spacial score (nSPS) is 12.1. The number of carboxylic acid groups (broad SMARTS) is 1. The van der Waals surface area contributed by atoms with Gasteiger partial charge in [0.25, 0.3) is 0 Å². The molecule has 0 saturated carbocycles. The fourth-order valence-electron chi connectivity index (χ4n) is 1.09. The van der Waals surface area contributed by atoms with Gasteiger partial charge >= 0.3 is 18.7 Å². The van der Waals surface area contributed by atoms with Crippen LogP contribution in [0.2, 0.25) is 0 Å². The zero-order chi connectivity index (χ0) is 14.8. The minimum atomic E-state index is -5.17. The summed E-state index contributed by atoms with van der Waals surface area (Å²) in [7, 11) is 0. The molecule has 0 aliphatic heterocycles. The summed E-state index contributed by atoms with van der Waals surface area (Å²) in [5.41, 5.74) is -1.11. The van der Waals surface area contributed by atoms with Gasteiger partial charge in [-0.1, -0.05) is 0 Å². The molecule has 0 spiro atoms. The molecule has 0 unspecified atom stereocenters. The van der Waals surface area contributed by atoms with Gasteiger partial charge in [-0.2, -0.15) is 0 Å². The zero-order valence-corrected chi connectivity index (χ0v) is 8.67. The molecule has 1 rings (SSSR count). The van der Waals surface area contributed by atoms with Crippen molar-refractivity contribution in [2.75, 3.05) is 0 Å². The minimum Gasteiger partial charge on any atom is -0.478 e. The van der Waals surface area contributed by atoms with Gasteiger partial charge in [-0.05, 0) is 18.2 Å². The van der Waals surface area contributed by atoms with E-state index in [2.05, 4.69) is 9.47 Å². The van der Waals surface area contributed by atoms with Gasteiger partial charge in [0, 0.05) is 0 Å². The predicted molar refractivity (Wildman–Crippen MR) is 46.8 cm³/mol. The molecule has 1 aromatic rings. The molecule has 0 saturated heterocycles. The number of hydrogen-bond donors (Lipinski definition) is 1. The number of carboxylic acids is 1. The first-order valence-electron chi connectivity index (χ1n) is 4.37. The smallest absolute Gasteiger partial charge is 0.478 e. The second-order valence-corrected chi connectivity index (χ2v) is 3.06. The summed E-state index contributed by atoms with van der Waals surface area (Å²) in [6.45, 7) is 0. The van der Waals surface area contributed by atoms with Crippen LogP contribution in [0.3, 0.4) is 0 Å². The third kappa shape index (κ3) is 4.94. The lowest BCUT2D eigenvalue weighted by atomic mass is 10.2. The van der Waals surface area contributed by atoms with E-state index in [0.717, 1.165) is 0 Å². The monoisotopic (exact) mass is 290 g/mol. The average Bonchev–Trinajstić information content (AvgIpc) is 2.15. The van der Waals surface area contributed by atoms with Gasteiger partial charge < -0.3 is 14.6 Å². The van der Waals surface area contributed by atoms with E-state index in [4.69, 9.17) is 5.11 Å². The molecule has 106 valence electrons. The zero-order valence-electron chi connectivity index (χ0n) is 8.67. The topological polar surface area (TPSA) is 55.8 Å². The number of aromatic carboxylic acids is 1. The minimum absolute atomic E-state index is 0.275. The number of halogens is 6. The Labute approximate surface area is 101 Å². The molecular weight excluding hydrogens is 286 g/mol. The van der Waals surface area contributed by atoms with Crippen LogP contribution < -0.4 is 9.47 Å². The van der Waals surface area contributed by atoms with Crippen molar-refractivity contribution in [2.24, 2.45) is 0 Å². The maximum Gasteiger partial charge on any atom is 0.573 e. The van der Waals surface area contributed by atoms with Crippen molar-refractivity contribution in [2.45, 2.75) is 12.7 Å². The summed E-state index contributed by atoms with van der Waals surface area (Å²) in [4.78, 5) is 10.6. The van der Waals surface area contributed by atoms with E-state index in [1.807, 2.05) is 0 Å². The Morgan fingerprint density at radius 3 is 1.95 bits per heavy atom. The highest BCUT2D eigenvalue weighted by molar-refractivity contribution is 5.91. The molecule has 1 aromatic carbocycles. The van der Waals surface area contributed by atoms with E-state index < -0.39 is 35.8 Å². The van der Waals surface area contributed by atoms with E-state index in [1.54, 1.807) is 0 Å². The van der Waals surface area contributed by atoms with E-state index in [9.17, 15) is 31.1 Å². The molecule has 0 heterocycles. The molecule has 19 heavy (non-hydrogen) atoms. The molecular formula is C9H4F6O4. The molecule has 0 aliphatic carbocycles. The fraction of sp³-hybridized carbons (Fsp3) is 0.222. The van der Waals surface area contributed by atoms with Gasteiger partial charge in [0.1, 0.15) is 17.1 Å². The van der Waals surface area contributed by atoms with Crippen LogP contribution in [0.1, 0.15) is 10.4 Å². The number of carbonyl (C=O) groups is 1. The van der Waals surface area contributed by atoms with Gasteiger partial charge in [0.15, 0.2) is 0 Å². The predicted octanol–water partition coefficient (Wildman–Crippen LogP) is 3.18. The third-order valence-electron chi connectivity index (χ3n) is 1.64. The number of benzene rings is 1. The molecule has 0 aromatic heterocycles. The van der Waals surface area contributed by atoms with Crippen molar-refractivity contribution in [3.8, 4) is 11.5 Å². The van der Waals surface area contributed by atoms with Crippen molar-refractivity contribution < 1.29 is 45.7 Å². The average molecular weight is 290 g/mol. The number of rotatable bonds is 3. The molecule has 10 heteroatoms. The van der Waals surface area contributed by atoms with Crippen molar-refractivity contribution in [1.29, 1.82) is 0 Å². The van der Waals surface area contributed by atoms with E-state index >= 15 is 0 Å². The number of alkyl halides is 6. The van der Waals surface area contributed by atoms with Gasteiger partial charge in [-0.25, -0.2) is 4.79 Å². The third-order valence-corrected chi connectivity index (χ3v) is 1.64. The Kier molecular flexibility index (Phi) is 3.82. The summed E-state index contributed by atoms with van der Waals surface area (Å²) < 4.78 is 78.1. The first-order valence-corrected chi connectivity index (χ1v) is 4.37. The summed E-state index contributed by atoms with van der Waals surface area (Å²) in [6.07, 6.45) is -10.3. The van der Waals surface area contributed by atoms with E-state index in [-0.39, 0.29) is 6.07 Å². The summed E-state index contributed by atoms with van der Waals surface area (Å²) in [6, 6.07) is 1.19. The van der Waals surface area contributed by atoms with Crippen molar-refractivity contribution in [3.05, 3.63) is 23.8 Å². The standard InChI is InChI=1S/C9H4F6O4/c10-8(11,12)18-4-1-2-6(19-9(13,14)15)5(3-4)7(16)17/h1-3H,(H,16,17). The van der Waals surface area contributed by atoms with Crippen molar-refractivity contribution >= 4 is 5.97 Å². The highest BCUT2D eigenvalue weighted by Gasteiger charge is 2.34. The van der Waals surface area contributed by atoms with Crippen LogP contribution in [0.4, 0.5) is 26.3 Å². The Balaban J connectivity index is 3.12. The molecule has 4 nitrogen and oxygen atoms in total. The molecule has 0 radical (unpaired) electrons. The van der Waals surface area contributed by atoms with Crippen LogP contribution >= 0.6 is 0 Å². The molecule has 0 aliphatic rings. The van der Waals surface area contributed by atoms with Crippen LogP contribution in [0.15, 0.2) is 18.2 Å². The second kappa shape index (κ2) is 4.86. The molecule has 0 bridgehead atoms. The largest absolute Gasteiger partial charge is 0.573 e. The highest BCUT2D eigenvalue weighted by atomic mass is 19.4. The van der Waals surface area contributed by atoms with Crippen LogP contribution in [0.5, 0.6) is 11.5 Å². The van der Waals surface area contributed by atoms with E-state index in [1.165, 1.54) is 0 Å². The van der Waals surface area contributed by atoms with E-state index in [0.29, 0.717) is 12.1 Å². The first kappa shape index (κ1) is 14.9. The SMILES string of the molecule is O=C(O)c1cc(OC(F)(F)F)ccc1OC(F)(F)F. The summed E-state index contributed by atoms with van der Waals surface area (Å²) in [5.74, 6) is -4.01. The molecule has 0 amide bonds.